The van der Waals surface area contributed by atoms with E-state index in [0.717, 1.165) is 39.0 Å². The highest BCUT2D eigenvalue weighted by atomic mass is 16.6. The Morgan fingerprint density at radius 1 is 1.30 bits per heavy atom. The monoisotopic (exact) mass is 319 g/mol. The van der Waals surface area contributed by atoms with Crippen molar-refractivity contribution in [2.24, 2.45) is 5.41 Å². The number of piperidine rings is 1. The Labute approximate surface area is 134 Å². The summed E-state index contributed by atoms with van der Waals surface area (Å²) in [5.41, 5.74) is 0.241. The first-order valence-electron chi connectivity index (χ1n) is 7.94. The van der Waals surface area contributed by atoms with Crippen molar-refractivity contribution in [1.29, 1.82) is 0 Å². The number of carbonyl (C=O) groups is 1. The van der Waals surface area contributed by atoms with Gasteiger partial charge in [-0.05, 0) is 37.3 Å². The summed E-state index contributed by atoms with van der Waals surface area (Å²) in [5, 5.41) is 14.3. The van der Waals surface area contributed by atoms with E-state index in [1.54, 1.807) is 17.0 Å². The summed E-state index contributed by atoms with van der Waals surface area (Å²) in [5.74, 6) is 0.0308. The first-order chi connectivity index (χ1) is 11.1. The van der Waals surface area contributed by atoms with Crippen molar-refractivity contribution < 1.29 is 14.5 Å². The number of para-hydroxylation sites is 2. The normalized spacial score (nSPS) is 19.7. The molecule has 1 amide bonds. The highest BCUT2D eigenvalue weighted by Crippen LogP contribution is 2.36. The molecule has 2 aliphatic rings. The van der Waals surface area contributed by atoms with Gasteiger partial charge in [-0.3, -0.25) is 14.9 Å². The van der Waals surface area contributed by atoms with Crippen molar-refractivity contribution in [2.45, 2.75) is 19.3 Å². The number of nitro benzene ring substituents is 1. The third kappa shape index (κ3) is 3.44. The van der Waals surface area contributed by atoms with E-state index >= 15 is 0 Å². The van der Waals surface area contributed by atoms with Gasteiger partial charge in [0.05, 0.1) is 4.92 Å². The number of hydrogen-bond acceptors (Lipinski definition) is 5. The zero-order valence-electron chi connectivity index (χ0n) is 13.0. The zero-order valence-corrected chi connectivity index (χ0v) is 13.0. The van der Waals surface area contributed by atoms with Crippen LogP contribution in [-0.4, -0.2) is 48.5 Å². The summed E-state index contributed by atoms with van der Waals surface area (Å²) in [6, 6.07) is 6.12. The maximum absolute atomic E-state index is 12.3. The van der Waals surface area contributed by atoms with Crippen LogP contribution in [0.1, 0.15) is 19.3 Å². The molecule has 7 nitrogen and oxygen atoms in total. The SMILES string of the molecule is O=C(COc1ccccc1[N+](=O)[O-])N1CCC2(CCNC2)CC1. The van der Waals surface area contributed by atoms with Crippen molar-refractivity contribution in [2.75, 3.05) is 32.8 Å². The molecule has 1 aromatic carbocycles. The minimum absolute atomic E-state index is 0.107. The Bertz CT molecular complexity index is 589. The van der Waals surface area contributed by atoms with Gasteiger partial charge in [-0.1, -0.05) is 12.1 Å². The Morgan fingerprint density at radius 3 is 2.70 bits per heavy atom. The summed E-state index contributed by atoms with van der Waals surface area (Å²) in [4.78, 5) is 24.5. The van der Waals surface area contributed by atoms with Crippen molar-refractivity contribution in [1.82, 2.24) is 10.2 Å². The van der Waals surface area contributed by atoms with Crippen molar-refractivity contribution in [3.8, 4) is 5.75 Å². The van der Waals surface area contributed by atoms with Crippen molar-refractivity contribution in [3.63, 3.8) is 0 Å². The van der Waals surface area contributed by atoms with E-state index < -0.39 is 4.92 Å². The fourth-order valence-electron chi connectivity index (χ4n) is 3.41. The number of nitrogens with one attached hydrogen (secondary N) is 1. The molecule has 2 aliphatic heterocycles. The van der Waals surface area contributed by atoms with E-state index in [4.69, 9.17) is 4.74 Å². The van der Waals surface area contributed by atoms with Crippen LogP contribution in [0.2, 0.25) is 0 Å². The van der Waals surface area contributed by atoms with E-state index in [1.807, 2.05) is 0 Å². The predicted octanol–water partition coefficient (Wildman–Crippen LogP) is 1.58. The molecule has 0 aliphatic carbocycles. The second-order valence-corrected chi connectivity index (χ2v) is 6.32. The number of carbonyl (C=O) groups excluding carboxylic acids is 1. The maximum Gasteiger partial charge on any atom is 0.310 e. The minimum atomic E-state index is -0.502. The maximum atomic E-state index is 12.3. The topological polar surface area (TPSA) is 84.7 Å². The van der Waals surface area contributed by atoms with Crippen LogP contribution in [0, 0.1) is 15.5 Å². The Balaban J connectivity index is 1.53. The first-order valence-corrected chi connectivity index (χ1v) is 7.94. The van der Waals surface area contributed by atoms with Gasteiger partial charge >= 0.3 is 5.69 Å². The summed E-state index contributed by atoms with van der Waals surface area (Å²) < 4.78 is 5.39. The molecule has 1 spiro atoms. The van der Waals surface area contributed by atoms with E-state index in [0.29, 0.717) is 5.41 Å². The standard InChI is InChI=1S/C16H21N3O4/c20-15(11-23-14-4-2-1-3-13(14)19(21)22)18-9-6-16(7-10-18)5-8-17-12-16/h1-4,17H,5-12H2. The Hall–Kier alpha value is -2.15. The number of benzene rings is 1. The van der Waals surface area contributed by atoms with Gasteiger partial charge in [0.25, 0.3) is 5.91 Å². The molecule has 0 unspecified atom stereocenters. The molecule has 3 rings (SSSR count). The highest BCUT2D eigenvalue weighted by Gasteiger charge is 2.38. The molecule has 124 valence electrons. The molecule has 0 saturated carbocycles. The molecule has 23 heavy (non-hydrogen) atoms. The number of hydrogen-bond donors (Lipinski definition) is 1. The smallest absolute Gasteiger partial charge is 0.310 e. The lowest BCUT2D eigenvalue weighted by molar-refractivity contribution is -0.385. The van der Waals surface area contributed by atoms with Crippen LogP contribution in [0.5, 0.6) is 5.75 Å². The summed E-state index contributed by atoms with van der Waals surface area (Å²) in [6.45, 7) is 3.42. The lowest BCUT2D eigenvalue weighted by atomic mass is 9.78. The molecular formula is C16H21N3O4. The average Bonchev–Trinajstić information content (AvgIpc) is 3.01. The van der Waals surface area contributed by atoms with E-state index in [1.165, 1.54) is 18.6 Å². The third-order valence-electron chi connectivity index (χ3n) is 4.92. The van der Waals surface area contributed by atoms with Crippen molar-refractivity contribution in [3.05, 3.63) is 34.4 Å². The molecule has 2 saturated heterocycles. The molecule has 7 heteroatoms. The molecule has 1 N–H and O–H groups in total. The summed E-state index contributed by atoms with van der Waals surface area (Å²) in [6.07, 6.45) is 3.20. The average molecular weight is 319 g/mol. The van der Waals surface area contributed by atoms with Crippen LogP contribution in [0.15, 0.2) is 24.3 Å². The first kappa shape index (κ1) is 15.7. The Kier molecular flexibility index (Phi) is 4.47. The van der Waals surface area contributed by atoms with Gasteiger partial charge in [-0.25, -0.2) is 0 Å². The van der Waals surface area contributed by atoms with Crippen LogP contribution in [0.4, 0.5) is 5.69 Å². The van der Waals surface area contributed by atoms with Crippen LogP contribution in [0.3, 0.4) is 0 Å². The number of nitrogens with zero attached hydrogens (tertiary/aromatic N) is 2. The zero-order chi connectivity index (χ0) is 16.3. The van der Waals surface area contributed by atoms with Gasteiger partial charge in [0.2, 0.25) is 0 Å². The van der Waals surface area contributed by atoms with E-state index in [2.05, 4.69) is 5.32 Å². The minimum Gasteiger partial charge on any atom is -0.477 e. The van der Waals surface area contributed by atoms with Crippen molar-refractivity contribution >= 4 is 11.6 Å². The van der Waals surface area contributed by atoms with Gasteiger partial charge in [0.1, 0.15) is 0 Å². The number of amides is 1. The van der Waals surface area contributed by atoms with Crippen LogP contribution < -0.4 is 10.1 Å². The van der Waals surface area contributed by atoms with Crippen LogP contribution >= 0.6 is 0 Å². The second-order valence-electron chi connectivity index (χ2n) is 6.32. The largest absolute Gasteiger partial charge is 0.477 e. The number of rotatable bonds is 4. The highest BCUT2D eigenvalue weighted by molar-refractivity contribution is 5.78. The molecule has 0 atom stereocenters. The lowest BCUT2D eigenvalue weighted by Crippen LogP contribution is -2.45. The lowest BCUT2D eigenvalue weighted by Gasteiger charge is -2.38. The van der Waals surface area contributed by atoms with E-state index in [-0.39, 0.29) is 24.0 Å². The molecule has 2 heterocycles. The van der Waals surface area contributed by atoms with Gasteiger partial charge in [-0.2, -0.15) is 0 Å². The van der Waals surface area contributed by atoms with Gasteiger partial charge in [0, 0.05) is 25.7 Å². The predicted molar refractivity (Wildman–Crippen MR) is 84.3 cm³/mol. The summed E-state index contributed by atoms with van der Waals surface area (Å²) in [7, 11) is 0. The Morgan fingerprint density at radius 2 is 2.04 bits per heavy atom. The van der Waals surface area contributed by atoms with E-state index in [9.17, 15) is 14.9 Å². The van der Waals surface area contributed by atoms with Crippen LogP contribution in [-0.2, 0) is 4.79 Å². The van der Waals surface area contributed by atoms with Gasteiger partial charge in [-0.15, -0.1) is 0 Å². The molecular weight excluding hydrogens is 298 g/mol. The van der Waals surface area contributed by atoms with Crippen LogP contribution in [0.25, 0.3) is 0 Å². The third-order valence-corrected chi connectivity index (χ3v) is 4.92. The number of nitro groups is 1. The molecule has 0 radical (unpaired) electrons. The molecule has 1 aromatic rings. The molecule has 0 bridgehead atoms. The number of ether oxygens (including phenoxy) is 1. The quantitative estimate of drug-likeness (QED) is 0.673. The fourth-order valence-corrected chi connectivity index (χ4v) is 3.41. The molecule has 2 fully saturated rings. The molecule has 0 aromatic heterocycles. The second kappa shape index (κ2) is 6.54. The van der Waals surface area contributed by atoms with Gasteiger partial charge < -0.3 is 15.0 Å². The fraction of sp³-hybridized carbons (Fsp3) is 0.562. The summed E-state index contributed by atoms with van der Waals surface area (Å²) >= 11 is 0. The van der Waals surface area contributed by atoms with Gasteiger partial charge in [0.15, 0.2) is 12.4 Å². The number of likely N-dealkylation sites (tertiary alicyclic amines) is 1.